The first-order valence-corrected chi connectivity index (χ1v) is 28.4. The molecule has 22 heteroatoms. The maximum atomic E-state index is 16.1. The number of carbonyl (C=O) groups excluding carboxylic acids is 3. The van der Waals surface area contributed by atoms with E-state index in [9.17, 15) is 38.1 Å². The van der Waals surface area contributed by atoms with Gasteiger partial charge in [0.2, 0.25) is 0 Å². The number of benzene rings is 2. The van der Waals surface area contributed by atoms with Crippen LogP contribution in [0.1, 0.15) is 114 Å². The van der Waals surface area contributed by atoms with Gasteiger partial charge in [-0.05, 0) is 93.2 Å². The molecular formula is C50H59N2O17P3. The number of phosphoric acid groups is 3. The van der Waals surface area contributed by atoms with E-state index in [2.05, 4.69) is 20.0 Å². The topological polar surface area (TPSA) is 263 Å². The highest BCUT2D eigenvalue weighted by molar-refractivity contribution is 7.66. The number of Topliss-reactive ketones (excluding diaryl/α,β-unsaturated/α-hetero) is 2. The number of rotatable bonds is 14. The predicted octanol–water partition coefficient (Wildman–Crippen LogP) is 8.13. The molecule has 3 saturated carbocycles. The summed E-state index contributed by atoms with van der Waals surface area (Å²) in [7, 11) is -16.6. The Bertz CT molecular complexity index is 3090. The highest BCUT2D eigenvalue weighted by Gasteiger charge is 2.89. The first kappa shape index (κ1) is 51.0. The summed E-state index contributed by atoms with van der Waals surface area (Å²) >= 11 is 0. The second kappa shape index (κ2) is 16.8. The van der Waals surface area contributed by atoms with Crippen molar-refractivity contribution < 1.29 is 79.7 Å². The van der Waals surface area contributed by atoms with Crippen molar-refractivity contribution in [3.63, 3.8) is 0 Å². The molecule has 386 valence electrons. The molecule has 2 aromatic carbocycles. The van der Waals surface area contributed by atoms with Crippen molar-refractivity contribution >= 4 is 52.8 Å². The molecule has 2 aromatic rings. The summed E-state index contributed by atoms with van der Waals surface area (Å²) < 4.78 is 81.5. The molecule has 9 aliphatic rings. The third-order valence-electron chi connectivity index (χ3n) is 15.9. The van der Waals surface area contributed by atoms with Crippen molar-refractivity contribution in [2.45, 2.75) is 116 Å². The fourth-order valence-corrected chi connectivity index (χ4v) is 16.5. The van der Waals surface area contributed by atoms with Gasteiger partial charge in [-0.15, -0.1) is 0 Å². The molecular weight excluding hydrogens is 993 g/mol. The molecule has 5 heterocycles. The Hall–Kier alpha value is -4.48. The SMILES string of the molecule is COC(=O)C(C)=CCC12OC(C)(C)C3CC(C1=O)C1C4=C(c5ccccc5C4=O)N4CCNC45c4c(OP(=O)(O)OP(=O)(O)OP(=O)(O)O)c6c(c(CC=C(C)C)c4OC32C15)OC(C)(CCC=C(C)C)C=C6. The van der Waals surface area contributed by atoms with Gasteiger partial charge in [0, 0.05) is 65.1 Å². The number of methoxy groups -OCH3 is 1. The van der Waals surface area contributed by atoms with Gasteiger partial charge in [0.25, 0.3) is 0 Å². The van der Waals surface area contributed by atoms with E-state index >= 15 is 9.59 Å². The lowest BCUT2D eigenvalue weighted by molar-refractivity contribution is -0.245. The van der Waals surface area contributed by atoms with Crippen LogP contribution in [0.3, 0.4) is 0 Å². The van der Waals surface area contributed by atoms with Crippen molar-refractivity contribution in [3.05, 3.63) is 98.7 Å². The number of fused-ring (bicyclic) bond motifs is 5. The van der Waals surface area contributed by atoms with Crippen LogP contribution in [0.15, 0.2) is 70.9 Å². The fraction of sp³-hybridized carbons (Fsp3) is 0.500. The predicted molar refractivity (Wildman–Crippen MR) is 260 cm³/mol. The van der Waals surface area contributed by atoms with Gasteiger partial charge in [0.1, 0.15) is 22.8 Å². The average molecular weight is 1050 g/mol. The number of ether oxygens (including phenoxy) is 4. The molecule has 11 rings (SSSR count). The quantitative estimate of drug-likeness (QED) is 0.0517. The number of hydrogen-bond acceptors (Lipinski definition) is 15. The minimum absolute atomic E-state index is 0.0652. The number of nitrogens with one attached hydrogen (secondary N) is 1. The fourth-order valence-electron chi connectivity index (χ4n) is 13.5. The highest BCUT2D eigenvalue weighted by atomic mass is 31.3. The summed E-state index contributed by atoms with van der Waals surface area (Å²) in [5.74, 6) is -4.70. The third kappa shape index (κ3) is 7.44. The van der Waals surface area contributed by atoms with E-state index in [0.717, 1.165) is 11.1 Å². The van der Waals surface area contributed by atoms with Crippen molar-refractivity contribution in [2.75, 3.05) is 20.2 Å². The molecule has 5 fully saturated rings. The number of allylic oxidation sites excluding steroid dienone is 5. The standard InChI is InChI=1S/C50H59N2O17P3/c1-26(2)13-12-20-47(8)21-19-32-40(64-47)31(17-16-27(3)4)41-37(42(32)66-71(59,60)69-72(61,62)68-70(56,57)58)50-43-35(36-38(52(50)24-23-51-50)29-14-10-11-15-30(29)39(36)53)33-25-34-46(6,7)67-48(44(33)54,49(34,43)65-41)22-18-28(5)45(55)63-9/h10-11,13-16,18-19,21,33-35,43,51H,12,17,20,22-25H2,1-9H3,(H,59,60)(H,61,62)(H2,56,57,58). The van der Waals surface area contributed by atoms with Gasteiger partial charge in [-0.3, -0.25) is 19.8 Å². The first-order valence-electron chi connectivity index (χ1n) is 23.9. The third-order valence-corrected chi connectivity index (χ3v) is 19.6. The maximum Gasteiger partial charge on any atom is 0.536 e. The normalized spacial score (nSPS) is 32.5. The molecule has 5 aliphatic heterocycles. The molecule has 10 unspecified atom stereocenters. The second-order valence-electron chi connectivity index (χ2n) is 21.2. The van der Waals surface area contributed by atoms with Crippen molar-refractivity contribution in [2.24, 2.45) is 23.7 Å². The molecule has 19 nitrogen and oxygen atoms in total. The minimum atomic E-state index is -6.06. The smallest absolute Gasteiger partial charge is 0.482 e. The molecule has 4 aliphatic carbocycles. The molecule has 2 saturated heterocycles. The van der Waals surface area contributed by atoms with E-state index in [-0.39, 0.29) is 72.1 Å². The van der Waals surface area contributed by atoms with Gasteiger partial charge in [0.05, 0.1) is 35.5 Å². The van der Waals surface area contributed by atoms with Crippen LogP contribution in [0.5, 0.6) is 17.2 Å². The number of ketones is 2. The number of esters is 1. The number of carbonyl (C=O) groups is 3. The first-order chi connectivity index (χ1) is 33.6. The molecule has 0 amide bonds. The van der Waals surface area contributed by atoms with E-state index in [1.807, 2.05) is 71.6 Å². The Kier molecular flexibility index (Phi) is 11.9. The number of nitrogens with zero attached hydrogens (tertiary/aromatic N) is 1. The lowest BCUT2D eigenvalue weighted by atomic mass is 9.39. The van der Waals surface area contributed by atoms with Crippen LogP contribution in [0.4, 0.5) is 0 Å². The summed E-state index contributed by atoms with van der Waals surface area (Å²) in [4.78, 5) is 87.5. The zero-order valence-electron chi connectivity index (χ0n) is 41.3. The number of phosphoric ester groups is 1. The van der Waals surface area contributed by atoms with E-state index in [1.165, 1.54) is 7.11 Å². The summed E-state index contributed by atoms with van der Waals surface area (Å²) in [5.41, 5.74) is -2.45. The van der Waals surface area contributed by atoms with Gasteiger partial charge in [0.15, 0.2) is 28.5 Å². The van der Waals surface area contributed by atoms with Crippen molar-refractivity contribution in [1.29, 1.82) is 0 Å². The summed E-state index contributed by atoms with van der Waals surface area (Å²) in [6.45, 7) is 15.5. The van der Waals surface area contributed by atoms with Crippen LogP contribution in [-0.4, -0.2) is 84.6 Å². The van der Waals surface area contributed by atoms with Crippen LogP contribution < -0.4 is 19.3 Å². The van der Waals surface area contributed by atoms with Gasteiger partial charge in [-0.2, -0.15) is 8.62 Å². The van der Waals surface area contributed by atoms with Crippen LogP contribution in [0, 0.1) is 23.7 Å². The molecule has 5 N–H and O–H groups in total. The molecule has 4 bridgehead atoms. The second-order valence-corrected chi connectivity index (χ2v) is 25.6. The Labute approximate surface area is 416 Å². The van der Waals surface area contributed by atoms with Crippen molar-refractivity contribution in [1.82, 2.24) is 10.2 Å². The van der Waals surface area contributed by atoms with Crippen LogP contribution in [0.25, 0.3) is 11.8 Å². The summed E-state index contributed by atoms with van der Waals surface area (Å²) in [5, 5.41) is 3.81. The Morgan fingerprint density at radius 3 is 2.28 bits per heavy atom. The maximum absolute atomic E-state index is 16.1. The zero-order valence-corrected chi connectivity index (χ0v) is 44.0. The van der Waals surface area contributed by atoms with Crippen LogP contribution >= 0.6 is 23.5 Å². The molecule has 0 aromatic heterocycles. The molecule has 0 radical (unpaired) electrons. The monoisotopic (exact) mass is 1050 g/mol. The van der Waals surface area contributed by atoms with Crippen molar-refractivity contribution in [3.8, 4) is 17.2 Å². The van der Waals surface area contributed by atoms with Crippen LogP contribution in [0.2, 0.25) is 0 Å². The van der Waals surface area contributed by atoms with Gasteiger partial charge < -0.3 is 43.1 Å². The Morgan fingerprint density at radius 2 is 1.61 bits per heavy atom. The van der Waals surface area contributed by atoms with Gasteiger partial charge in [-0.25, -0.2) is 18.5 Å². The lowest BCUT2D eigenvalue weighted by Crippen LogP contribution is -2.84. The minimum Gasteiger partial charge on any atom is -0.482 e. The summed E-state index contributed by atoms with van der Waals surface area (Å²) in [6.07, 6.45) is 10.4. The van der Waals surface area contributed by atoms with Gasteiger partial charge >= 0.3 is 29.4 Å². The number of hydrogen-bond donors (Lipinski definition) is 5. The molecule has 10 atom stereocenters. The van der Waals surface area contributed by atoms with Gasteiger partial charge in [-0.1, -0.05) is 53.6 Å². The average Bonchev–Trinajstić information content (AvgIpc) is 3.87. The van der Waals surface area contributed by atoms with E-state index in [4.69, 9.17) is 23.5 Å². The van der Waals surface area contributed by atoms with Crippen LogP contribution in [-0.2, 0) is 53.5 Å². The highest BCUT2D eigenvalue weighted by Crippen LogP contribution is 2.79. The molecule has 72 heavy (non-hydrogen) atoms. The summed E-state index contributed by atoms with van der Waals surface area (Å²) in [6, 6.07) is 7.16. The van der Waals surface area contributed by atoms with E-state index in [0.29, 0.717) is 40.8 Å². The molecule has 2 spiro atoms. The lowest BCUT2D eigenvalue weighted by Gasteiger charge is -2.70. The van der Waals surface area contributed by atoms with E-state index < -0.39 is 86.9 Å². The Balaban J connectivity index is 1.34. The Morgan fingerprint density at radius 1 is 0.917 bits per heavy atom. The zero-order chi connectivity index (χ0) is 52.1. The largest absolute Gasteiger partial charge is 0.536 e. The van der Waals surface area contributed by atoms with E-state index in [1.54, 1.807) is 37.3 Å².